The maximum atomic E-state index is 11.4. The molecule has 1 aromatic rings. The van der Waals surface area contributed by atoms with Gasteiger partial charge in [0.05, 0.1) is 24.2 Å². The number of aliphatic imine (C=N–C) groups is 1. The van der Waals surface area contributed by atoms with Crippen LogP contribution in [0.5, 0.6) is 5.75 Å². The smallest absolute Gasteiger partial charge is 0.189 e. The first-order valence-electron chi connectivity index (χ1n) is 7.52. The number of benzene rings is 1. The highest BCUT2D eigenvalue weighted by Crippen LogP contribution is 2.31. The highest BCUT2D eigenvalue weighted by molar-refractivity contribution is 7.91. The molecule has 3 rings (SSSR count). The van der Waals surface area contributed by atoms with Crippen molar-refractivity contribution < 1.29 is 13.2 Å². The minimum absolute atomic E-state index is 0.0843. The molecule has 2 unspecified atom stereocenters. The van der Waals surface area contributed by atoms with Crippen LogP contribution >= 0.6 is 0 Å². The lowest BCUT2D eigenvalue weighted by molar-refractivity contribution is 0.262. The lowest BCUT2D eigenvalue weighted by Crippen LogP contribution is -2.37. The van der Waals surface area contributed by atoms with Crippen molar-refractivity contribution in [2.75, 3.05) is 24.7 Å². The second-order valence-corrected chi connectivity index (χ2v) is 8.10. The Kier molecular flexibility index (Phi) is 4.24. The first-order chi connectivity index (χ1) is 10.5. The van der Waals surface area contributed by atoms with Gasteiger partial charge in [-0.05, 0) is 18.4 Å². The normalized spacial score (nSPS) is 27.0. The number of ether oxygens (including phenoxy) is 1. The third kappa shape index (κ3) is 3.52. The number of sulfone groups is 1. The summed E-state index contributed by atoms with van der Waals surface area (Å²) in [5.74, 6) is 1.83. The molecule has 6 nitrogen and oxygen atoms in total. The Morgan fingerprint density at radius 2 is 2.18 bits per heavy atom. The van der Waals surface area contributed by atoms with E-state index in [1.54, 1.807) is 0 Å². The third-order valence-electron chi connectivity index (χ3n) is 4.13. The van der Waals surface area contributed by atoms with Gasteiger partial charge in [0.15, 0.2) is 15.8 Å². The van der Waals surface area contributed by atoms with Crippen LogP contribution in [0.3, 0.4) is 0 Å². The topological polar surface area (TPSA) is 93.8 Å². The third-order valence-corrected chi connectivity index (χ3v) is 5.96. The van der Waals surface area contributed by atoms with Crippen molar-refractivity contribution in [3.05, 3.63) is 29.8 Å². The molecule has 2 atom stereocenters. The van der Waals surface area contributed by atoms with E-state index in [1.165, 1.54) is 0 Å². The number of hydrogen-bond donors (Lipinski definition) is 2. The molecule has 1 aromatic carbocycles. The van der Waals surface area contributed by atoms with Gasteiger partial charge in [-0.25, -0.2) is 8.42 Å². The predicted octanol–water partition coefficient (Wildman–Crippen LogP) is 0.849. The molecule has 0 radical (unpaired) electrons. The van der Waals surface area contributed by atoms with Crippen LogP contribution in [0, 0.1) is 5.92 Å². The fourth-order valence-corrected chi connectivity index (χ4v) is 4.81. The van der Waals surface area contributed by atoms with Crippen molar-refractivity contribution in [3.63, 3.8) is 0 Å². The molecule has 0 aliphatic carbocycles. The number of para-hydroxylation sites is 1. The lowest BCUT2D eigenvalue weighted by atomic mass is 10.0. The van der Waals surface area contributed by atoms with Crippen molar-refractivity contribution in [2.24, 2.45) is 16.6 Å². The second-order valence-electron chi connectivity index (χ2n) is 5.87. The summed E-state index contributed by atoms with van der Waals surface area (Å²) in [4.78, 5) is 4.32. The molecule has 120 valence electrons. The molecule has 0 spiro atoms. The molecule has 0 aromatic heterocycles. The van der Waals surface area contributed by atoms with E-state index < -0.39 is 9.84 Å². The zero-order valence-corrected chi connectivity index (χ0v) is 13.2. The lowest BCUT2D eigenvalue weighted by Gasteiger charge is -2.27. The number of guanidine groups is 1. The number of nitrogens with one attached hydrogen (secondary N) is 1. The molecule has 0 saturated carbocycles. The van der Waals surface area contributed by atoms with E-state index in [2.05, 4.69) is 10.3 Å². The van der Waals surface area contributed by atoms with Gasteiger partial charge in [-0.1, -0.05) is 18.2 Å². The Labute approximate surface area is 130 Å². The highest BCUT2D eigenvalue weighted by atomic mass is 32.2. The van der Waals surface area contributed by atoms with Gasteiger partial charge >= 0.3 is 0 Å². The maximum absolute atomic E-state index is 11.4. The number of fused-ring (bicyclic) bond motifs is 1. The van der Waals surface area contributed by atoms with E-state index in [-0.39, 0.29) is 23.5 Å². The molecule has 0 bridgehead atoms. The molecular weight excluding hydrogens is 302 g/mol. The average molecular weight is 323 g/mol. The molecule has 2 heterocycles. The van der Waals surface area contributed by atoms with Crippen LogP contribution in [-0.4, -0.2) is 39.0 Å². The quantitative estimate of drug-likeness (QED) is 0.635. The van der Waals surface area contributed by atoms with Gasteiger partial charge in [-0.3, -0.25) is 4.99 Å². The SMILES string of the molecule is NC(=NCC1CCS(=O)(=O)C1)NC1CCOc2ccccc21. The Hall–Kier alpha value is -1.76. The zero-order valence-electron chi connectivity index (χ0n) is 12.4. The van der Waals surface area contributed by atoms with Crippen molar-refractivity contribution in [1.82, 2.24) is 5.32 Å². The summed E-state index contributed by atoms with van der Waals surface area (Å²) >= 11 is 0. The van der Waals surface area contributed by atoms with Crippen LogP contribution in [0.2, 0.25) is 0 Å². The predicted molar refractivity (Wildman–Crippen MR) is 85.7 cm³/mol. The Morgan fingerprint density at radius 3 is 2.95 bits per heavy atom. The van der Waals surface area contributed by atoms with Crippen LogP contribution in [-0.2, 0) is 9.84 Å². The van der Waals surface area contributed by atoms with Gasteiger partial charge in [-0.2, -0.15) is 0 Å². The molecule has 7 heteroatoms. The molecule has 3 N–H and O–H groups in total. The van der Waals surface area contributed by atoms with Crippen molar-refractivity contribution in [3.8, 4) is 5.75 Å². The van der Waals surface area contributed by atoms with Gasteiger partial charge in [0.2, 0.25) is 0 Å². The first kappa shape index (κ1) is 15.1. The van der Waals surface area contributed by atoms with E-state index in [1.807, 2.05) is 24.3 Å². The fraction of sp³-hybridized carbons (Fsp3) is 0.533. The van der Waals surface area contributed by atoms with E-state index in [4.69, 9.17) is 10.5 Å². The van der Waals surface area contributed by atoms with Gasteiger partial charge < -0.3 is 15.8 Å². The summed E-state index contributed by atoms with van der Waals surface area (Å²) in [6, 6.07) is 7.96. The Bertz CT molecular complexity index is 672. The van der Waals surface area contributed by atoms with Gasteiger partial charge in [-0.15, -0.1) is 0 Å². The standard InChI is InChI=1S/C15H21N3O3S/c16-15(17-9-11-6-8-22(19,20)10-11)18-13-5-7-21-14-4-2-1-3-12(13)14/h1-4,11,13H,5-10H2,(H3,16,17,18). The van der Waals surface area contributed by atoms with Crippen LogP contribution < -0.4 is 15.8 Å². The van der Waals surface area contributed by atoms with Crippen LogP contribution in [0.25, 0.3) is 0 Å². The highest BCUT2D eigenvalue weighted by Gasteiger charge is 2.27. The minimum Gasteiger partial charge on any atom is -0.493 e. The van der Waals surface area contributed by atoms with Crippen molar-refractivity contribution in [1.29, 1.82) is 0 Å². The Balaban J connectivity index is 1.60. The van der Waals surface area contributed by atoms with E-state index in [0.717, 1.165) is 17.7 Å². The number of rotatable bonds is 3. The van der Waals surface area contributed by atoms with Crippen LogP contribution in [0.15, 0.2) is 29.3 Å². The average Bonchev–Trinajstić information content (AvgIpc) is 2.85. The summed E-state index contributed by atoms with van der Waals surface area (Å²) in [6.45, 7) is 1.10. The van der Waals surface area contributed by atoms with Gasteiger partial charge in [0, 0.05) is 18.5 Å². The summed E-state index contributed by atoms with van der Waals surface area (Å²) < 4.78 is 28.5. The van der Waals surface area contributed by atoms with Gasteiger partial charge in [0.25, 0.3) is 0 Å². The first-order valence-corrected chi connectivity index (χ1v) is 9.34. The molecule has 2 aliphatic rings. The Morgan fingerprint density at radius 1 is 1.36 bits per heavy atom. The molecule has 1 fully saturated rings. The zero-order chi connectivity index (χ0) is 15.6. The number of hydrogen-bond acceptors (Lipinski definition) is 4. The van der Waals surface area contributed by atoms with Gasteiger partial charge in [0.1, 0.15) is 5.75 Å². The summed E-state index contributed by atoms with van der Waals surface area (Å²) in [7, 11) is -2.86. The van der Waals surface area contributed by atoms with E-state index in [9.17, 15) is 8.42 Å². The monoisotopic (exact) mass is 323 g/mol. The van der Waals surface area contributed by atoms with Crippen LogP contribution in [0.1, 0.15) is 24.4 Å². The molecule has 2 aliphatic heterocycles. The molecule has 22 heavy (non-hydrogen) atoms. The molecule has 1 saturated heterocycles. The maximum Gasteiger partial charge on any atom is 0.189 e. The second kappa shape index (κ2) is 6.16. The largest absolute Gasteiger partial charge is 0.493 e. The molecular formula is C15H21N3O3S. The van der Waals surface area contributed by atoms with E-state index in [0.29, 0.717) is 25.5 Å². The summed E-state index contributed by atoms with van der Waals surface area (Å²) in [5, 5.41) is 3.22. The number of nitrogens with zero attached hydrogens (tertiary/aromatic N) is 1. The fourth-order valence-electron chi connectivity index (χ4n) is 2.96. The minimum atomic E-state index is -2.86. The van der Waals surface area contributed by atoms with E-state index >= 15 is 0 Å². The molecule has 0 amide bonds. The summed E-state index contributed by atoms with van der Waals surface area (Å²) in [6.07, 6.45) is 1.50. The van der Waals surface area contributed by atoms with Crippen molar-refractivity contribution >= 4 is 15.8 Å². The van der Waals surface area contributed by atoms with Crippen LogP contribution in [0.4, 0.5) is 0 Å². The summed E-state index contributed by atoms with van der Waals surface area (Å²) in [5.41, 5.74) is 7.04. The number of nitrogens with two attached hydrogens (primary N) is 1. The van der Waals surface area contributed by atoms with Crippen molar-refractivity contribution in [2.45, 2.75) is 18.9 Å².